The third kappa shape index (κ3) is 11.7. The summed E-state index contributed by atoms with van der Waals surface area (Å²) in [5.41, 5.74) is 11.1. The molecule has 1 saturated carbocycles. The van der Waals surface area contributed by atoms with Gasteiger partial charge in [-0.2, -0.15) is 0 Å². The van der Waals surface area contributed by atoms with Gasteiger partial charge in [-0.25, -0.2) is 0 Å². The molecule has 2 aliphatic rings. The maximum Gasteiger partial charge on any atom is -0.0134 e. The van der Waals surface area contributed by atoms with E-state index < -0.39 is 24.1 Å². The molecular weight excluding hydrogens is 901 g/mol. The summed E-state index contributed by atoms with van der Waals surface area (Å²) in [6, 6.07) is 45.2. The minimum absolute atomic E-state index is 0.141. The summed E-state index contributed by atoms with van der Waals surface area (Å²) in [7, 11) is -4.69. The molecule has 326 valence electrons. The van der Waals surface area contributed by atoms with Crippen molar-refractivity contribution in [1.29, 1.82) is 5.26 Å². The van der Waals surface area contributed by atoms with E-state index in [0.717, 1.165) is 9.68 Å². The van der Waals surface area contributed by atoms with Crippen LogP contribution < -0.4 is 15.9 Å². The predicted octanol–water partition coefficient (Wildman–Crippen LogP) is 14.1. The molecule has 0 spiro atoms. The van der Waals surface area contributed by atoms with Gasteiger partial charge in [0.1, 0.15) is 0 Å². The third-order valence-corrected chi connectivity index (χ3v) is 29.6. The minimum Gasteiger partial charge on any atom is -0.0622 e. The fraction of sp³-hybridized carbons (Fsp3) is 0.316. The van der Waals surface area contributed by atoms with E-state index in [0.29, 0.717) is 38.8 Å². The zero-order chi connectivity index (χ0) is 46.3. The Morgan fingerprint density at radius 3 is 1.19 bits per heavy atom. The molecule has 0 saturated heterocycles. The Labute approximate surface area is 396 Å². The first-order valence-corrected chi connectivity index (χ1v) is 29.2. The fourth-order valence-corrected chi connectivity index (χ4v) is 26.2. The van der Waals surface area contributed by atoms with E-state index in [9.17, 15) is 10.7 Å². The largest absolute Gasteiger partial charge is 0.0622 e. The van der Waals surface area contributed by atoms with E-state index in [1.807, 2.05) is 32.1 Å². The van der Waals surface area contributed by atoms with E-state index in [-0.39, 0.29) is 5.57 Å². The summed E-state index contributed by atoms with van der Waals surface area (Å²) < 4.78 is 1.10. The normalized spacial score (nSPS) is 14.7. The number of rotatable bonds is 12. The zero-order valence-corrected chi connectivity index (χ0v) is 44.2. The number of allylic oxidation sites excluding steroid dienone is 5. The van der Waals surface area contributed by atoms with E-state index in [1.165, 1.54) is 32.2 Å². The number of nitriles is 1. The second kappa shape index (κ2) is 24.5. The molecule has 1 fully saturated rings. The zero-order valence-electron chi connectivity index (χ0n) is 39.6. The van der Waals surface area contributed by atoms with Gasteiger partial charge < -0.3 is 0 Å². The van der Waals surface area contributed by atoms with Gasteiger partial charge >= 0.3 is 252 Å². The molecule has 63 heavy (non-hydrogen) atoms. The number of hydrogen-bond donors (Lipinski definition) is 0. The van der Waals surface area contributed by atoms with Gasteiger partial charge in [0.25, 0.3) is 0 Å². The van der Waals surface area contributed by atoms with Crippen molar-refractivity contribution in [2.45, 2.75) is 116 Å². The van der Waals surface area contributed by atoms with Crippen molar-refractivity contribution in [3.8, 4) is 17.5 Å². The third-order valence-electron chi connectivity index (χ3n) is 12.9. The topological polar surface area (TPSA) is 46.1 Å². The molecule has 0 atom stereocenters. The first-order valence-electron chi connectivity index (χ1n) is 22.5. The van der Waals surface area contributed by atoms with Crippen molar-refractivity contribution in [3.63, 3.8) is 0 Å². The molecule has 0 aromatic heterocycles. The molecular formula is C57H67N2PRuSi2. The smallest absolute Gasteiger partial charge is 0.0134 e. The van der Waals surface area contributed by atoms with Crippen LogP contribution in [0, 0.1) is 54.9 Å². The molecule has 2 aliphatic carbocycles. The number of hydrogen-bond acceptors (Lipinski definition) is 1. The van der Waals surface area contributed by atoms with Crippen molar-refractivity contribution < 1.29 is 17.9 Å². The maximum absolute atomic E-state index is 10.2. The van der Waals surface area contributed by atoms with Gasteiger partial charge in [-0.1, -0.05) is 91.0 Å². The monoisotopic (exact) mass is 968 g/mol. The van der Waals surface area contributed by atoms with E-state index >= 15 is 0 Å². The van der Waals surface area contributed by atoms with Gasteiger partial charge in [0.05, 0.1) is 0 Å². The first kappa shape index (κ1) is 51.8. The minimum atomic E-state index is -2.17. The molecule has 5 radical (unpaired) electrons. The van der Waals surface area contributed by atoms with Gasteiger partial charge in [0, 0.05) is 0 Å². The van der Waals surface area contributed by atoms with Crippen molar-refractivity contribution in [1.82, 2.24) is 0 Å². The average Bonchev–Trinajstić information content (AvgIpc) is 3.86. The SMILES string of the molecule is CC(C)[Si](C#C/C(C(=C=[N-])C#N)=C1/[C](=[Ru+])C(c2ccccc2)=C1[Si](C(C)C)(C(C)C)C(C)C)(C(C)C)C(C)C.[CH]1[CH][CH][CH][CH]1.c1ccc(P(c2ccccc2)c2ccccc2)cc1. The summed E-state index contributed by atoms with van der Waals surface area (Å²) in [6.45, 7) is 28.1. The second-order valence-electron chi connectivity index (χ2n) is 18.1. The summed E-state index contributed by atoms with van der Waals surface area (Å²) in [4.78, 5) is 0. The summed E-state index contributed by atoms with van der Waals surface area (Å²) in [5.74, 6) is 5.84. The Morgan fingerprint density at radius 2 is 0.889 bits per heavy atom. The molecule has 4 aromatic carbocycles. The fourth-order valence-electron chi connectivity index (χ4n) is 10.3. The molecule has 4 aromatic rings. The van der Waals surface area contributed by atoms with Crippen molar-refractivity contribution in [3.05, 3.63) is 186 Å². The predicted molar refractivity (Wildman–Crippen MR) is 279 cm³/mol. The molecule has 0 amide bonds. The molecule has 6 heteroatoms. The second-order valence-corrected chi connectivity index (χ2v) is 32.6. The molecule has 6 rings (SSSR count). The van der Waals surface area contributed by atoms with Crippen molar-refractivity contribution in [2.24, 2.45) is 0 Å². The number of nitrogens with zero attached hydrogens (tertiary/aromatic N) is 2. The average molecular weight is 968 g/mol. The molecule has 2 nitrogen and oxygen atoms in total. The molecule has 0 heterocycles. The van der Waals surface area contributed by atoms with Crippen LogP contribution in [0.3, 0.4) is 0 Å². The van der Waals surface area contributed by atoms with Gasteiger partial charge in [-0.15, -0.1) is 0 Å². The quantitative estimate of drug-likeness (QED) is 0.0459. The first-order chi connectivity index (χ1) is 30.1. The van der Waals surface area contributed by atoms with Crippen molar-refractivity contribution >= 4 is 55.5 Å². The van der Waals surface area contributed by atoms with Crippen LogP contribution in [0.1, 0.15) is 88.6 Å². The molecule has 0 unspecified atom stereocenters. The number of benzene rings is 4. The Bertz CT molecular complexity index is 2170. The Morgan fingerprint density at radius 1 is 0.540 bits per heavy atom. The van der Waals surface area contributed by atoms with Crippen LogP contribution in [-0.4, -0.2) is 26.1 Å². The Hall–Kier alpha value is -3.78. The van der Waals surface area contributed by atoms with Crippen LogP contribution in [0.5, 0.6) is 0 Å². The standard InChI is InChI=1S/C34H47N2Si2.C18H15P.C5H5.Ru/c1-23(2)37(24(3)4,25(5)6)19-18-31(30(21-35)22-36)33-20-32(29-16-14-13-15-17-29)34(33)38(26(7)8,27(9)10)28(11)12;1-4-10-16(11-5-1)19(17-12-6-2-7-13-17)18-14-8-3-9-15-18;1-2-4-5-3-1;/h13-17,23-28H,1-12H3;1-15H;1-5H;/q-1;;;+1/b33-31+;;;. The van der Waals surface area contributed by atoms with Gasteiger partial charge in [-0.05, 0) is 55.9 Å². The summed E-state index contributed by atoms with van der Waals surface area (Å²) >= 11 is 2.85. The summed E-state index contributed by atoms with van der Waals surface area (Å²) in [6.07, 6.45) is 10.0. The van der Waals surface area contributed by atoms with Crippen LogP contribution in [0.4, 0.5) is 0 Å². The van der Waals surface area contributed by atoms with Crippen LogP contribution in [0.25, 0.3) is 11.0 Å². The molecule has 0 N–H and O–H groups in total. The molecule has 0 aliphatic heterocycles. The van der Waals surface area contributed by atoms with Gasteiger partial charge in [0.2, 0.25) is 0 Å². The Kier molecular flexibility index (Phi) is 20.2. The van der Waals surface area contributed by atoms with E-state index in [4.69, 9.17) is 0 Å². The van der Waals surface area contributed by atoms with Crippen LogP contribution in [0.2, 0.25) is 33.2 Å². The summed E-state index contributed by atoms with van der Waals surface area (Å²) in [5, 5.41) is 26.0. The van der Waals surface area contributed by atoms with E-state index in [2.05, 4.69) is 246 Å². The van der Waals surface area contributed by atoms with Crippen LogP contribution in [-0.2, 0) is 17.9 Å². The molecule has 0 bridgehead atoms. The maximum atomic E-state index is 10.2. The van der Waals surface area contributed by atoms with Gasteiger partial charge in [-0.3, -0.25) is 0 Å². The Balaban J connectivity index is 0.000000294. The van der Waals surface area contributed by atoms with Crippen LogP contribution in [0.15, 0.2) is 143 Å². The van der Waals surface area contributed by atoms with E-state index in [1.54, 1.807) is 0 Å². The van der Waals surface area contributed by atoms with Crippen molar-refractivity contribution in [2.75, 3.05) is 0 Å². The van der Waals surface area contributed by atoms with Gasteiger partial charge in [0.15, 0.2) is 0 Å². The van der Waals surface area contributed by atoms with Crippen LogP contribution >= 0.6 is 7.92 Å².